The molecule has 1 atom stereocenters. The highest BCUT2D eigenvalue weighted by atomic mass is 16.7. The van der Waals surface area contributed by atoms with E-state index in [0.29, 0.717) is 11.7 Å². The zero-order valence-electron chi connectivity index (χ0n) is 21.2. The fourth-order valence-corrected chi connectivity index (χ4v) is 3.75. The van der Waals surface area contributed by atoms with Crippen molar-refractivity contribution < 1.29 is 23.3 Å². The monoisotopic (exact) mass is 476 g/mol. The van der Waals surface area contributed by atoms with Crippen molar-refractivity contribution >= 4 is 18.7 Å². The molecule has 0 radical (unpaired) electrons. The van der Waals surface area contributed by atoms with Gasteiger partial charge in [-0.25, -0.2) is 9.78 Å². The number of aromatic nitrogens is 1. The minimum absolute atomic E-state index is 0.0523. The fourth-order valence-electron chi connectivity index (χ4n) is 3.75. The second-order valence-electron chi connectivity index (χ2n) is 10.2. The molecule has 4 rings (SSSR count). The van der Waals surface area contributed by atoms with Crippen LogP contribution < -0.4 is 10.8 Å². The molecule has 184 valence electrons. The van der Waals surface area contributed by atoms with Crippen molar-refractivity contribution in [2.75, 3.05) is 0 Å². The molecule has 1 aliphatic heterocycles. The largest absolute Gasteiger partial charge is 0.494 e. The minimum atomic E-state index is -0.515. The molecule has 1 unspecified atom stereocenters. The molecule has 1 amide bonds. The van der Waals surface area contributed by atoms with E-state index < -0.39 is 30.5 Å². The summed E-state index contributed by atoms with van der Waals surface area (Å²) in [7, 11) is -0.421. The molecular weight excluding hydrogens is 443 g/mol. The quantitative estimate of drug-likeness (QED) is 0.468. The van der Waals surface area contributed by atoms with Gasteiger partial charge in [-0.2, -0.15) is 0 Å². The molecule has 0 spiro atoms. The van der Waals surface area contributed by atoms with Crippen LogP contribution in [0.2, 0.25) is 0 Å². The normalized spacial score (nSPS) is 17.4. The lowest BCUT2D eigenvalue weighted by atomic mass is 9.79. The van der Waals surface area contributed by atoms with E-state index in [-0.39, 0.29) is 12.5 Å². The summed E-state index contributed by atoms with van der Waals surface area (Å²) in [6.07, 6.45) is 1.16. The molecule has 1 saturated heterocycles. The van der Waals surface area contributed by atoms with Crippen molar-refractivity contribution in [3.05, 3.63) is 72.2 Å². The van der Waals surface area contributed by atoms with Crippen molar-refractivity contribution in [2.45, 2.75) is 65.4 Å². The van der Waals surface area contributed by atoms with Gasteiger partial charge in [0.1, 0.15) is 12.6 Å². The molecular formula is C27H33BN2O5. The van der Waals surface area contributed by atoms with Crippen molar-refractivity contribution in [3.63, 3.8) is 0 Å². The third-order valence-corrected chi connectivity index (χ3v) is 6.66. The first-order valence-electron chi connectivity index (χ1n) is 11.9. The first-order valence-corrected chi connectivity index (χ1v) is 11.9. The van der Waals surface area contributed by atoms with Crippen molar-refractivity contribution in [1.29, 1.82) is 0 Å². The lowest BCUT2D eigenvalue weighted by Crippen LogP contribution is -2.41. The number of oxazole rings is 1. The molecule has 3 aromatic rings. The van der Waals surface area contributed by atoms with E-state index in [2.05, 4.69) is 10.3 Å². The van der Waals surface area contributed by atoms with E-state index in [1.807, 2.05) is 96.1 Å². The van der Waals surface area contributed by atoms with Crippen LogP contribution in [0.1, 0.15) is 59.0 Å². The van der Waals surface area contributed by atoms with E-state index in [0.717, 1.165) is 16.6 Å². The molecule has 35 heavy (non-hydrogen) atoms. The fraction of sp³-hybridized carbons (Fsp3) is 0.407. The maximum atomic E-state index is 12.4. The summed E-state index contributed by atoms with van der Waals surface area (Å²) in [5, 5.41) is 2.88. The van der Waals surface area contributed by atoms with Gasteiger partial charge < -0.3 is 23.8 Å². The van der Waals surface area contributed by atoms with Crippen LogP contribution in [-0.2, 0) is 20.7 Å². The smallest absolute Gasteiger partial charge is 0.445 e. The standard InChI is InChI=1S/C27H33BN2O5/c1-18(2)23(30-25(31)32-17-19-10-8-7-9-11-19)24-29-16-22(33-24)20-12-14-21(15-13-20)28-34-26(3,4)27(5,6)35-28/h7-16,18,23H,17H2,1-6H3,(H,30,31). The predicted molar refractivity (Wildman–Crippen MR) is 135 cm³/mol. The topological polar surface area (TPSA) is 82.8 Å². The number of nitrogens with zero attached hydrogens (tertiary/aromatic N) is 1. The average Bonchev–Trinajstić information content (AvgIpc) is 3.38. The molecule has 1 fully saturated rings. The van der Waals surface area contributed by atoms with Gasteiger partial charge in [0.15, 0.2) is 5.76 Å². The van der Waals surface area contributed by atoms with E-state index >= 15 is 0 Å². The van der Waals surface area contributed by atoms with Gasteiger partial charge in [-0.15, -0.1) is 0 Å². The summed E-state index contributed by atoms with van der Waals surface area (Å²) in [5.41, 5.74) is 1.95. The summed E-state index contributed by atoms with van der Waals surface area (Å²) >= 11 is 0. The third kappa shape index (κ3) is 5.60. The van der Waals surface area contributed by atoms with Crippen molar-refractivity contribution in [2.24, 2.45) is 5.92 Å². The molecule has 7 nitrogen and oxygen atoms in total. The molecule has 1 aromatic heterocycles. The second-order valence-corrected chi connectivity index (χ2v) is 10.2. The van der Waals surface area contributed by atoms with Gasteiger partial charge in [0.2, 0.25) is 5.89 Å². The Morgan fingerprint density at radius 2 is 1.63 bits per heavy atom. The van der Waals surface area contributed by atoms with Crippen molar-refractivity contribution in [1.82, 2.24) is 10.3 Å². The average molecular weight is 476 g/mol. The predicted octanol–water partition coefficient (Wildman–Crippen LogP) is 5.26. The van der Waals surface area contributed by atoms with Crippen LogP contribution in [0.5, 0.6) is 0 Å². The summed E-state index contributed by atoms with van der Waals surface area (Å²) in [6, 6.07) is 17.0. The van der Waals surface area contributed by atoms with E-state index in [4.69, 9.17) is 18.5 Å². The van der Waals surface area contributed by atoms with Crippen molar-refractivity contribution in [3.8, 4) is 11.3 Å². The Balaban J connectivity index is 1.41. The van der Waals surface area contributed by atoms with E-state index in [1.54, 1.807) is 6.20 Å². The summed E-state index contributed by atoms with van der Waals surface area (Å²) in [4.78, 5) is 16.8. The molecule has 1 N–H and O–H groups in total. The summed E-state index contributed by atoms with van der Waals surface area (Å²) < 4.78 is 23.7. The molecule has 8 heteroatoms. The van der Waals surface area contributed by atoms with Gasteiger partial charge in [0, 0.05) is 5.56 Å². The Morgan fingerprint density at radius 1 is 1.00 bits per heavy atom. The molecule has 2 aromatic carbocycles. The first-order chi connectivity index (χ1) is 16.6. The first kappa shape index (κ1) is 25.0. The maximum Gasteiger partial charge on any atom is 0.494 e. The molecule has 0 saturated carbocycles. The van der Waals surface area contributed by atoms with E-state index in [1.165, 1.54) is 0 Å². The van der Waals surface area contributed by atoms with Crippen LogP contribution in [-0.4, -0.2) is 29.4 Å². The molecule has 0 aliphatic carbocycles. The molecule has 0 bridgehead atoms. The highest BCUT2D eigenvalue weighted by Crippen LogP contribution is 2.36. The molecule has 2 heterocycles. The number of benzene rings is 2. The Bertz CT molecular complexity index is 1130. The number of amides is 1. The van der Waals surface area contributed by atoms with Gasteiger partial charge in [-0.1, -0.05) is 68.4 Å². The lowest BCUT2D eigenvalue weighted by molar-refractivity contribution is 0.00578. The molecule has 1 aliphatic rings. The van der Waals surface area contributed by atoms with Crippen LogP contribution in [0.3, 0.4) is 0 Å². The van der Waals surface area contributed by atoms with Gasteiger partial charge >= 0.3 is 13.2 Å². The highest BCUT2D eigenvalue weighted by molar-refractivity contribution is 6.62. The Morgan fingerprint density at radius 3 is 2.23 bits per heavy atom. The van der Waals surface area contributed by atoms with E-state index in [9.17, 15) is 4.79 Å². The van der Waals surface area contributed by atoms with Gasteiger partial charge in [0.05, 0.1) is 17.4 Å². The number of nitrogens with one attached hydrogen (secondary N) is 1. The minimum Gasteiger partial charge on any atom is -0.445 e. The number of hydrogen-bond acceptors (Lipinski definition) is 6. The van der Waals surface area contributed by atoms with Crippen LogP contribution >= 0.6 is 0 Å². The second kappa shape index (κ2) is 9.87. The Labute approximate surface area is 207 Å². The van der Waals surface area contributed by atoms with Crippen LogP contribution in [0.25, 0.3) is 11.3 Å². The summed E-state index contributed by atoms with van der Waals surface area (Å²) in [6.45, 7) is 12.3. The number of ether oxygens (including phenoxy) is 1. The van der Waals surface area contributed by atoms with Gasteiger partial charge in [-0.3, -0.25) is 0 Å². The Hall–Kier alpha value is -3.10. The van der Waals surface area contributed by atoms with Gasteiger partial charge in [0.25, 0.3) is 0 Å². The highest BCUT2D eigenvalue weighted by Gasteiger charge is 2.51. The number of alkyl carbamates (subject to hydrolysis) is 1. The Kier molecular flexibility index (Phi) is 7.06. The lowest BCUT2D eigenvalue weighted by Gasteiger charge is -2.32. The summed E-state index contributed by atoms with van der Waals surface area (Å²) in [5.74, 6) is 1.10. The SMILES string of the molecule is CC(C)C(NC(=O)OCc1ccccc1)c1ncc(-c2ccc(B3OC(C)(C)C(C)(C)O3)cc2)o1. The number of rotatable bonds is 7. The van der Waals surface area contributed by atoms with Gasteiger partial charge in [-0.05, 0) is 44.6 Å². The number of hydrogen-bond donors (Lipinski definition) is 1. The zero-order chi connectivity index (χ0) is 25.2. The zero-order valence-corrected chi connectivity index (χ0v) is 21.2. The maximum absolute atomic E-state index is 12.4. The van der Waals surface area contributed by atoms with Crippen LogP contribution in [0.4, 0.5) is 4.79 Å². The third-order valence-electron chi connectivity index (χ3n) is 6.66. The number of carbonyl (C=O) groups is 1. The number of carbonyl (C=O) groups excluding carboxylic acids is 1. The van der Waals surface area contributed by atoms with Crippen LogP contribution in [0.15, 0.2) is 65.2 Å². The van der Waals surface area contributed by atoms with Crippen LogP contribution in [0, 0.1) is 5.92 Å².